The van der Waals surface area contributed by atoms with Crippen molar-refractivity contribution in [2.75, 3.05) is 0 Å². The first-order chi connectivity index (χ1) is 12.7. The first-order valence-corrected chi connectivity index (χ1v) is 9.09. The average Bonchev–Trinajstić information content (AvgIpc) is 3.00. The number of aryl methyl sites for hydroxylation is 1. The smallest absolute Gasteiger partial charge is 0.279 e. The molecule has 4 rings (SSSR count). The summed E-state index contributed by atoms with van der Waals surface area (Å²) in [7, 11) is 0. The van der Waals surface area contributed by atoms with Crippen LogP contribution < -0.4 is 4.80 Å². The van der Waals surface area contributed by atoms with Gasteiger partial charge in [-0.25, -0.2) is 0 Å². The van der Waals surface area contributed by atoms with Gasteiger partial charge in [0.15, 0.2) is 4.80 Å². The summed E-state index contributed by atoms with van der Waals surface area (Å²) in [6.45, 7) is 2.42. The van der Waals surface area contributed by atoms with E-state index in [0.717, 1.165) is 26.6 Å². The number of amides is 1. The van der Waals surface area contributed by atoms with Gasteiger partial charge in [-0.2, -0.15) is 4.99 Å². The normalized spacial score (nSPS) is 11.8. The summed E-state index contributed by atoms with van der Waals surface area (Å²) in [5.41, 5.74) is 2.74. The van der Waals surface area contributed by atoms with Crippen LogP contribution in [0.1, 0.15) is 15.9 Å². The van der Waals surface area contributed by atoms with Crippen LogP contribution in [0.4, 0.5) is 0 Å². The largest absolute Gasteiger partial charge is 0.304 e. The molecule has 4 aromatic rings. The lowest BCUT2D eigenvalue weighted by molar-refractivity contribution is 0.0998. The second-order valence-corrected chi connectivity index (χ2v) is 7.08. The molecule has 0 saturated heterocycles. The van der Waals surface area contributed by atoms with Crippen molar-refractivity contribution in [2.45, 2.75) is 13.5 Å². The SMILES string of the molecule is C#CCn1c(=NC(=O)c2ccc3ccccc3c2)sc2cccc(C)c21. The summed E-state index contributed by atoms with van der Waals surface area (Å²) in [5.74, 6) is 2.41. The molecule has 0 spiro atoms. The highest BCUT2D eigenvalue weighted by Gasteiger charge is 2.10. The second-order valence-electron chi connectivity index (χ2n) is 6.08. The third-order valence-electron chi connectivity index (χ3n) is 4.35. The molecule has 0 aliphatic heterocycles. The Bertz CT molecular complexity index is 1250. The molecule has 0 atom stereocenters. The monoisotopic (exact) mass is 356 g/mol. The summed E-state index contributed by atoms with van der Waals surface area (Å²) in [6, 6.07) is 19.7. The Morgan fingerprint density at radius 2 is 1.92 bits per heavy atom. The van der Waals surface area contributed by atoms with Crippen LogP contribution in [0.25, 0.3) is 21.0 Å². The molecular weight excluding hydrogens is 340 g/mol. The van der Waals surface area contributed by atoms with Crippen LogP contribution in [0.2, 0.25) is 0 Å². The zero-order chi connectivity index (χ0) is 18.1. The minimum Gasteiger partial charge on any atom is -0.304 e. The van der Waals surface area contributed by atoms with Crippen LogP contribution in [0.3, 0.4) is 0 Å². The van der Waals surface area contributed by atoms with Gasteiger partial charge in [-0.1, -0.05) is 59.7 Å². The summed E-state index contributed by atoms with van der Waals surface area (Å²) in [5, 5.41) is 2.13. The molecule has 3 aromatic carbocycles. The van der Waals surface area contributed by atoms with Crippen molar-refractivity contribution < 1.29 is 4.79 Å². The lowest BCUT2D eigenvalue weighted by Gasteiger charge is -2.03. The van der Waals surface area contributed by atoms with Crippen molar-refractivity contribution in [3.05, 3.63) is 76.6 Å². The van der Waals surface area contributed by atoms with Gasteiger partial charge in [-0.3, -0.25) is 4.79 Å². The summed E-state index contributed by atoms with van der Waals surface area (Å²) >= 11 is 1.48. The molecule has 1 heterocycles. The van der Waals surface area contributed by atoms with Gasteiger partial charge in [0.1, 0.15) is 0 Å². The van der Waals surface area contributed by atoms with Gasteiger partial charge >= 0.3 is 0 Å². The fraction of sp³-hybridized carbons (Fsp3) is 0.0909. The Kier molecular flexibility index (Phi) is 4.16. The number of terminal acetylenes is 1. The predicted molar refractivity (Wildman–Crippen MR) is 107 cm³/mol. The Morgan fingerprint density at radius 1 is 1.12 bits per heavy atom. The molecule has 0 bridgehead atoms. The maximum atomic E-state index is 12.8. The average molecular weight is 356 g/mol. The van der Waals surface area contributed by atoms with Gasteiger partial charge in [0.05, 0.1) is 16.8 Å². The van der Waals surface area contributed by atoms with Crippen LogP contribution in [0, 0.1) is 19.3 Å². The Morgan fingerprint density at radius 3 is 2.73 bits per heavy atom. The van der Waals surface area contributed by atoms with E-state index in [4.69, 9.17) is 6.42 Å². The van der Waals surface area contributed by atoms with E-state index in [1.807, 2.05) is 72.2 Å². The third kappa shape index (κ3) is 2.83. The molecule has 3 nitrogen and oxygen atoms in total. The highest BCUT2D eigenvalue weighted by Crippen LogP contribution is 2.21. The van der Waals surface area contributed by atoms with E-state index in [-0.39, 0.29) is 5.91 Å². The molecule has 0 N–H and O–H groups in total. The number of hydrogen-bond donors (Lipinski definition) is 0. The number of benzene rings is 3. The number of fused-ring (bicyclic) bond motifs is 2. The van der Waals surface area contributed by atoms with Gasteiger partial charge in [-0.05, 0) is 41.5 Å². The Labute approximate surface area is 155 Å². The molecule has 0 radical (unpaired) electrons. The van der Waals surface area contributed by atoms with Crippen molar-refractivity contribution in [3.8, 4) is 12.3 Å². The highest BCUT2D eigenvalue weighted by atomic mass is 32.1. The number of carbonyl (C=O) groups is 1. The van der Waals surface area contributed by atoms with Crippen LogP contribution in [0.5, 0.6) is 0 Å². The maximum absolute atomic E-state index is 12.8. The van der Waals surface area contributed by atoms with Gasteiger partial charge in [0.2, 0.25) is 0 Å². The van der Waals surface area contributed by atoms with E-state index in [1.54, 1.807) is 0 Å². The first-order valence-electron chi connectivity index (χ1n) is 8.27. The molecule has 0 unspecified atom stereocenters. The molecule has 26 heavy (non-hydrogen) atoms. The summed E-state index contributed by atoms with van der Waals surface area (Å²) in [6.07, 6.45) is 5.54. The molecule has 1 amide bonds. The minimum atomic E-state index is -0.259. The molecule has 126 valence electrons. The molecule has 4 heteroatoms. The number of hydrogen-bond acceptors (Lipinski definition) is 2. The van der Waals surface area contributed by atoms with Gasteiger partial charge in [0, 0.05) is 5.56 Å². The number of nitrogens with zero attached hydrogens (tertiary/aromatic N) is 2. The van der Waals surface area contributed by atoms with Crippen molar-refractivity contribution in [1.29, 1.82) is 0 Å². The standard InChI is InChI=1S/C22H16N2OS/c1-3-13-24-20-15(2)7-6-10-19(20)26-22(24)23-21(25)18-12-11-16-8-4-5-9-17(16)14-18/h1,4-12,14H,13H2,2H3. The van der Waals surface area contributed by atoms with Crippen LogP contribution >= 0.6 is 11.3 Å². The lowest BCUT2D eigenvalue weighted by Crippen LogP contribution is -2.16. The quantitative estimate of drug-likeness (QED) is 0.486. The number of para-hydroxylation sites is 1. The molecular formula is C22H16N2OS. The van der Waals surface area contributed by atoms with E-state index in [0.29, 0.717) is 16.9 Å². The Balaban J connectivity index is 1.86. The maximum Gasteiger partial charge on any atom is 0.279 e. The van der Waals surface area contributed by atoms with E-state index in [9.17, 15) is 4.79 Å². The molecule has 0 aliphatic rings. The number of aromatic nitrogens is 1. The van der Waals surface area contributed by atoms with Crippen molar-refractivity contribution in [2.24, 2.45) is 4.99 Å². The van der Waals surface area contributed by atoms with Crippen molar-refractivity contribution in [1.82, 2.24) is 4.57 Å². The highest BCUT2D eigenvalue weighted by molar-refractivity contribution is 7.16. The van der Waals surface area contributed by atoms with Gasteiger partial charge < -0.3 is 4.57 Å². The van der Waals surface area contributed by atoms with Crippen LogP contribution in [0.15, 0.2) is 65.7 Å². The molecule has 0 fully saturated rings. The fourth-order valence-electron chi connectivity index (χ4n) is 3.10. The van der Waals surface area contributed by atoms with Crippen LogP contribution in [-0.2, 0) is 6.54 Å². The second kappa shape index (κ2) is 6.62. The molecule has 1 aromatic heterocycles. The summed E-state index contributed by atoms with van der Waals surface area (Å²) < 4.78 is 3.01. The number of rotatable bonds is 2. The molecule has 0 saturated carbocycles. The third-order valence-corrected chi connectivity index (χ3v) is 5.39. The zero-order valence-electron chi connectivity index (χ0n) is 14.3. The van der Waals surface area contributed by atoms with Crippen LogP contribution in [-0.4, -0.2) is 10.5 Å². The minimum absolute atomic E-state index is 0.259. The molecule has 0 aliphatic carbocycles. The summed E-state index contributed by atoms with van der Waals surface area (Å²) in [4.78, 5) is 17.8. The zero-order valence-corrected chi connectivity index (χ0v) is 15.1. The predicted octanol–water partition coefficient (Wildman–Crippen LogP) is 4.54. The Hall–Kier alpha value is -3.16. The fourth-order valence-corrected chi connectivity index (χ4v) is 4.21. The number of thiazole rings is 1. The van der Waals surface area contributed by atoms with Crippen molar-refractivity contribution in [3.63, 3.8) is 0 Å². The van der Waals surface area contributed by atoms with Gasteiger partial charge in [0.25, 0.3) is 5.91 Å². The number of carbonyl (C=O) groups excluding carboxylic acids is 1. The first kappa shape index (κ1) is 16.3. The van der Waals surface area contributed by atoms with Crippen molar-refractivity contribution >= 4 is 38.2 Å². The van der Waals surface area contributed by atoms with E-state index in [2.05, 4.69) is 10.9 Å². The topological polar surface area (TPSA) is 34.4 Å². The van der Waals surface area contributed by atoms with Gasteiger partial charge in [-0.15, -0.1) is 6.42 Å². The van der Waals surface area contributed by atoms with E-state index < -0.39 is 0 Å². The van der Waals surface area contributed by atoms with E-state index >= 15 is 0 Å². The lowest BCUT2D eigenvalue weighted by atomic mass is 10.1. The van der Waals surface area contributed by atoms with E-state index in [1.165, 1.54) is 11.3 Å².